The van der Waals surface area contributed by atoms with Gasteiger partial charge >= 0.3 is 6.09 Å². The van der Waals surface area contributed by atoms with E-state index in [0.29, 0.717) is 49.3 Å². The normalized spacial score (nSPS) is 21.5. The summed E-state index contributed by atoms with van der Waals surface area (Å²) in [5.41, 5.74) is 1.35. The van der Waals surface area contributed by atoms with Crippen molar-refractivity contribution in [2.75, 3.05) is 57.8 Å². The zero-order chi connectivity index (χ0) is 33.9. The first-order chi connectivity index (χ1) is 24.5. The van der Waals surface area contributed by atoms with Gasteiger partial charge in [-0.3, -0.25) is 0 Å². The Morgan fingerprint density at radius 2 is 1.04 bits per heavy atom. The summed E-state index contributed by atoms with van der Waals surface area (Å²) in [5, 5.41) is 0. The van der Waals surface area contributed by atoms with Gasteiger partial charge in [-0.2, -0.15) is 0 Å². The van der Waals surface area contributed by atoms with Crippen LogP contribution in [-0.4, -0.2) is 83.4 Å². The van der Waals surface area contributed by atoms with Crippen LogP contribution in [0, 0.1) is 0 Å². The maximum atomic E-state index is 14.9. The third kappa shape index (κ3) is 7.66. The van der Waals surface area contributed by atoms with Crippen molar-refractivity contribution in [3.8, 4) is 23.0 Å². The molecule has 0 bridgehead atoms. The lowest BCUT2D eigenvalue weighted by molar-refractivity contribution is 0.0594. The lowest BCUT2D eigenvalue weighted by Gasteiger charge is -2.34. The Balaban J connectivity index is 1.26. The van der Waals surface area contributed by atoms with Crippen LogP contribution >= 0.6 is 0 Å². The van der Waals surface area contributed by atoms with E-state index in [4.69, 9.17) is 42.6 Å². The highest BCUT2D eigenvalue weighted by Crippen LogP contribution is 2.53. The van der Waals surface area contributed by atoms with E-state index in [1.54, 1.807) is 6.07 Å². The summed E-state index contributed by atoms with van der Waals surface area (Å²) in [4.78, 5) is 16.4. The fourth-order valence-corrected chi connectivity index (χ4v) is 5.57. The molecule has 4 saturated heterocycles. The van der Waals surface area contributed by atoms with Gasteiger partial charge in [-0.1, -0.05) is 78.9 Å². The Morgan fingerprint density at radius 1 is 0.620 bits per heavy atom. The number of epoxide rings is 4. The minimum absolute atomic E-state index is 0.0393. The molecule has 50 heavy (non-hydrogen) atoms. The molecule has 0 aliphatic carbocycles. The van der Waals surface area contributed by atoms with Gasteiger partial charge in [0.15, 0.2) is 17.1 Å². The van der Waals surface area contributed by atoms with Crippen molar-refractivity contribution in [3.05, 3.63) is 108 Å². The molecule has 0 N–H and O–H groups in total. The number of anilines is 2. The van der Waals surface area contributed by atoms with Crippen LogP contribution in [0.2, 0.25) is 0 Å². The van der Waals surface area contributed by atoms with Gasteiger partial charge in [-0.15, -0.1) is 0 Å². The molecule has 4 aliphatic heterocycles. The number of hydrogen-bond donors (Lipinski definition) is 0. The number of para-hydroxylation sites is 1. The molecular formula is C39H39NO10. The van der Waals surface area contributed by atoms with Crippen molar-refractivity contribution >= 4 is 17.5 Å². The van der Waals surface area contributed by atoms with E-state index < -0.39 is 11.7 Å². The van der Waals surface area contributed by atoms with E-state index in [1.807, 2.05) is 97.9 Å². The van der Waals surface area contributed by atoms with Crippen molar-refractivity contribution in [1.29, 1.82) is 0 Å². The average Bonchev–Trinajstić information content (AvgIpc) is 3.94. The number of nitrogens with zero attached hydrogens (tertiary/aromatic N) is 1. The molecular weight excluding hydrogens is 642 g/mol. The highest BCUT2D eigenvalue weighted by Gasteiger charge is 2.39. The second-order valence-electron chi connectivity index (χ2n) is 12.8. The molecule has 4 atom stereocenters. The number of rotatable bonds is 17. The Morgan fingerprint density at radius 3 is 1.52 bits per heavy atom. The van der Waals surface area contributed by atoms with Crippen molar-refractivity contribution in [1.82, 2.24) is 0 Å². The number of amides is 1. The molecule has 0 radical (unpaired) electrons. The monoisotopic (exact) mass is 681 g/mol. The van der Waals surface area contributed by atoms with Gasteiger partial charge < -0.3 is 42.6 Å². The Bertz CT molecular complexity index is 1720. The Kier molecular flexibility index (Phi) is 9.20. The van der Waals surface area contributed by atoms with Crippen LogP contribution in [0.1, 0.15) is 18.1 Å². The molecule has 4 aromatic carbocycles. The number of hydrogen-bond acceptors (Lipinski definition) is 10. The molecule has 4 aliphatic rings. The van der Waals surface area contributed by atoms with Gasteiger partial charge in [0, 0.05) is 6.07 Å². The zero-order valence-electron chi connectivity index (χ0n) is 27.7. The number of benzene rings is 4. The molecule has 11 heteroatoms. The predicted molar refractivity (Wildman–Crippen MR) is 182 cm³/mol. The Hall–Kier alpha value is -4.81. The quantitative estimate of drug-likeness (QED) is 0.122. The molecule has 4 fully saturated rings. The molecule has 4 heterocycles. The molecule has 11 nitrogen and oxygen atoms in total. The minimum Gasteiger partial charge on any atom is -0.487 e. The van der Waals surface area contributed by atoms with Gasteiger partial charge in [0.2, 0.25) is 11.5 Å². The van der Waals surface area contributed by atoms with Crippen molar-refractivity contribution < 1.29 is 47.4 Å². The SMILES string of the molecule is CC(OC(=O)N(c1ccccc1)c1cc(OCC2CO2)c(OCC2CO2)c(OCC2CO2)c1OCC1CO1)(c1ccccc1)c1ccccc1. The molecule has 8 rings (SSSR count). The van der Waals surface area contributed by atoms with E-state index in [0.717, 1.165) is 11.1 Å². The van der Waals surface area contributed by atoms with Crippen molar-refractivity contribution in [2.45, 2.75) is 36.9 Å². The number of carbonyl (C=O) groups excluding carboxylic acids is 1. The molecule has 0 aromatic heterocycles. The van der Waals surface area contributed by atoms with Crippen molar-refractivity contribution in [2.24, 2.45) is 0 Å². The van der Waals surface area contributed by atoms with E-state index in [2.05, 4.69) is 0 Å². The second-order valence-corrected chi connectivity index (χ2v) is 12.8. The fraction of sp³-hybridized carbons (Fsp3) is 0.359. The van der Waals surface area contributed by atoms with Crippen LogP contribution in [-0.2, 0) is 29.3 Å². The van der Waals surface area contributed by atoms with Crippen LogP contribution in [0.5, 0.6) is 23.0 Å². The van der Waals surface area contributed by atoms with Gasteiger partial charge in [0.25, 0.3) is 0 Å². The second kappa shape index (κ2) is 14.2. The van der Waals surface area contributed by atoms with Gasteiger partial charge in [0.1, 0.15) is 56.5 Å². The first-order valence-electron chi connectivity index (χ1n) is 16.9. The van der Waals surface area contributed by atoms with E-state index in [-0.39, 0.29) is 62.3 Å². The first kappa shape index (κ1) is 32.4. The first-order valence-corrected chi connectivity index (χ1v) is 16.9. The van der Waals surface area contributed by atoms with E-state index >= 15 is 0 Å². The third-order valence-corrected chi connectivity index (χ3v) is 8.79. The van der Waals surface area contributed by atoms with Crippen LogP contribution in [0.3, 0.4) is 0 Å². The van der Waals surface area contributed by atoms with Gasteiger partial charge in [0.05, 0.1) is 32.1 Å². The molecule has 4 aromatic rings. The third-order valence-electron chi connectivity index (χ3n) is 8.79. The average molecular weight is 682 g/mol. The van der Waals surface area contributed by atoms with Crippen LogP contribution in [0.15, 0.2) is 97.1 Å². The molecule has 0 spiro atoms. The summed E-state index contributed by atoms with van der Waals surface area (Å²) in [6.45, 7) is 5.30. The molecule has 260 valence electrons. The molecule has 1 amide bonds. The standard InChI is InChI=1S/C39H39NO10/c1-39(26-11-5-2-6-12-26,27-13-7-3-8-14-27)50-38(41)40(28-15-9-4-10-16-28)33-17-34(46-22-29-18-42-29)36(48-24-31-20-44-31)37(49-25-32-21-45-32)35(33)47-23-30-19-43-30/h2-17,29-32H,18-25H2,1H3. The summed E-state index contributed by atoms with van der Waals surface area (Å²) in [5.74, 6) is 1.27. The van der Waals surface area contributed by atoms with Gasteiger partial charge in [-0.05, 0) is 30.2 Å². The number of ether oxygens (including phenoxy) is 9. The van der Waals surface area contributed by atoms with E-state index in [1.165, 1.54) is 4.90 Å². The lowest BCUT2D eigenvalue weighted by atomic mass is 9.88. The van der Waals surface area contributed by atoms with Crippen LogP contribution in [0.4, 0.5) is 16.2 Å². The lowest BCUT2D eigenvalue weighted by Crippen LogP contribution is -2.37. The molecule has 4 unspecified atom stereocenters. The largest absolute Gasteiger partial charge is 0.487 e. The van der Waals surface area contributed by atoms with Crippen molar-refractivity contribution in [3.63, 3.8) is 0 Å². The summed E-state index contributed by atoms with van der Waals surface area (Å²) >= 11 is 0. The fourth-order valence-electron chi connectivity index (χ4n) is 5.57. The minimum atomic E-state index is -1.16. The topological polar surface area (TPSA) is 117 Å². The zero-order valence-corrected chi connectivity index (χ0v) is 27.7. The summed E-state index contributed by atoms with van der Waals surface area (Å²) in [7, 11) is 0. The summed E-state index contributed by atoms with van der Waals surface area (Å²) < 4.78 is 54.2. The number of carbonyl (C=O) groups is 1. The maximum Gasteiger partial charge on any atom is 0.420 e. The smallest absolute Gasteiger partial charge is 0.420 e. The molecule has 0 saturated carbocycles. The summed E-state index contributed by atoms with van der Waals surface area (Å²) in [6.07, 6.45) is -0.895. The van der Waals surface area contributed by atoms with Crippen LogP contribution in [0.25, 0.3) is 0 Å². The van der Waals surface area contributed by atoms with Gasteiger partial charge in [-0.25, -0.2) is 9.69 Å². The highest BCUT2D eigenvalue weighted by molar-refractivity contribution is 5.99. The summed E-state index contributed by atoms with van der Waals surface area (Å²) in [6, 6.07) is 30.4. The highest BCUT2D eigenvalue weighted by atomic mass is 16.6. The van der Waals surface area contributed by atoms with E-state index in [9.17, 15) is 4.79 Å². The predicted octanol–water partition coefficient (Wildman–Crippen LogP) is 6.04. The maximum absolute atomic E-state index is 14.9. The van der Waals surface area contributed by atoms with Crippen LogP contribution < -0.4 is 23.8 Å². The Labute approximate surface area is 290 Å².